The molecule has 0 aromatic carbocycles. The molecule has 31 heavy (non-hydrogen) atoms. The van der Waals surface area contributed by atoms with Gasteiger partial charge in [0.05, 0.1) is 36.7 Å². The second-order valence-corrected chi connectivity index (χ2v) is 10.3. The number of aromatic nitrogens is 2. The molecule has 2 fully saturated rings. The number of sulfonamides is 1. The van der Waals surface area contributed by atoms with Gasteiger partial charge in [0.15, 0.2) is 5.96 Å². The molecule has 0 bridgehead atoms. The van der Waals surface area contributed by atoms with Gasteiger partial charge in [0.1, 0.15) is 0 Å². The third kappa shape index (κ3) is 7.57. The molecule has 1 saturated heterocycles. The van der Waals surface area contributed by atoms with E-state index < -0.39 is 10.0 Å². The molecule has 0 unspecified atom stereocenters. The monoisotopic (exact) mass is 568 g/mol. The molecule has 178 valence electrons. The number of hydrogen-bond donors (Lipinski definition) is 1. The Kier molecular flexibility index (Phi) is 10.5. The zero-order valence-electron chi connectivity index (χ0n) is 18.9. The fourth-order valence-electron chi connectivity index (χ4n) is 4.04. The van der Waals surface area contributed by atoms with Crippen LogP contribution in [0.4, 0.5) is 0 Å². The molecular weight excluding hydrogens is 531 g/mol. The number of halogens is 1. The average Bonchev–Trinajstić information content (AvgIpc) is 3.40. The summed E-state index contributed by atoms with van der Waals surface area (Å²) in [5, 5.41) is 8.08. The van der Waals surface area contributed by atoms with Gasteiger partial charge >= 0.3 is 0 Å². The van der Waals surface area contributed by atoms with Gasteiger partial charge in [0.25, 0.3) is 0 Å². The Morgan fingerprint density at radius 2 is 1.94 bits per heavy atom. The Hall–Kier alpha value is -0.920. The lowest BCUT2D eigenvalue weighted by Gasteiger charge is -2.35. The predicted octanol–water partition coefficient (Wildman–Crippen LogP) is 2.06. The normalized spacial score (nSPS) is 19.1. The third-order valence-electron chi connectivity index (χ3n) is 5.73. The second-order valence-electron chi connectivity index (χ2n) is 8.25. The van der Waals surface area contributed by atoms with Gasteiger partial charge in [-0.05, 0) is 32.8 Å². The van der Waals surface area contributed by atoms with Gasteiger partial charge in [0, 0.05) is 39.4 Å². The van der Waals surface area contributed by atoms with Crippen molar-refractivity contribution in [2.24, 2.45) is 4.99 Å². The zero-order valence-corrected chi connectivity index (χ0v) is 22.0. The molecule has 1 saturated carbocycles. The number of nitrogens with zero attached hydrogens (tertiary/aromatic N) is 5. The standard InChI is InChI=1S/C20H36N6O3S.HI/c1-17(2)29-14-15-30(27,28)25-12-10-24(11-13-25)20(21-3)22-16-18-8-9-26(23-18)19-6-4-5-7-19;/h8-9,17,19H,4-7,10-16H2,1-3H3,(H,21,22);1H. The molecule has 1 aliphatic carbocycles. The van der Waals surface area contributed by atoms with Crippen LogP contribution in [0.3, 0.4) is 0 Å². The van der Waals surface area contributed by atoms with Crippen molar-refractivity contribution >= 4 is 40.0 Å². The van der Waals surface area contributed by atoms with E-state index in [1.54, 1.807) is 11.4 Å². The first kappa shape index (κ1) is 26.3. The fourth-order valence-corrected chi connectivity index (χ4v) is 5.33. The first-order valence-electron chi connectivity index (χ1n) is 11.0. The largest absolute Gasteiger partial charge is 0.378 e. The van der Waals surface area contributed by atoms with E-state index in [1.807, 2.05) is 13.8 Å². The van der Waals surface area contributed by atoms with E-state index in [4.69, 9.17) is 9.84 Å². The lowest BCUT2D eigenvalue weighted by atomic mass is 10.3. The molecule has 2 aliphatic rings. The summed E-state index contributed by atoms with van der Waals surface area (Å²) < 4.78 is 34.1. The number of rotatable bonds is 8. The highest BCUT2D eigenvalue weighted by Crippen LogP contribution is 2.28. The van der Waals surface area contributed by atoms with Crippen molar-refractivity contribution in [3.8, 4) is 0 Å². The minimum absolute atomic E-state index is 0. The maximum Gasteiger partial charge on any atom is 0.216 e. The van der Waals surface area contributed by atoms with Crippen LogP contribution in [0.15, 0.2) is 17.3 Å². The van der Waals surface area contributed by atoms with E-state index >= 15 is 0 Å². The molecule has 0 atom stereocenters. The van der Waals surface area contributed by atoms with E-state index in [0.29, 0.717) is 38.8 Å². The van der Waals surface area contributed by atoms with Crippen LogP contribution in [0.5, 0.6) is 0 Å². The van der Waals surface area contributed by atoms with Crippen LogP contribution >= 0.6 is 24.0 Å². The maximum absolute atomic E-state index is 12.5. The molecule has 3 rings (SSSR count). The summed E-state index contributed by atoms with van der Waals surface area (Å²) >= 11 is 0. The van der Waals surface area contributed by atoms with E-state index in [9.17, 15) is 8.42 Å². The quantitative estimate of drug-likeness (QED) is 0.294. The minimum atomic E-state index is -3.29. The number of aliphatic imine (C=N–C) groups is 1. The van der Waals surface area contributed by atoms with Crippen LogP contribution in [0, 0.1) is 0 Å². The van der Waals surface area contributed by atoms with Gasteiger partial charge in [-0.15, -0.1) is 24.0 Å². The summed E-state index contributed by atoms with van der Waals surface area (Å²) in [7, 11) is -1.53. The molecule has 11 heteroatoms. The Morgan fingerprint density at radius 1 is 1.26 bits per heavy atom. The zero-order chi connectivity index (χ0) is 21.6. The Labute approximate surface area is 203 Å². The number of piperazine rings is 1. The van der Waals surface area contributed by atoms with Gasteiger partial charge in [-0.1, -0.05) is 12.8 Å². The molecular formula is C20H37IN6O3S. The highest BCUT2D eigenvalue weighted by atomic mass is 127. The Morgan fingerprint density at radius 3 is 2.55 bits per heavy atom. The molecule has 1 aliphatic heterocycles. The Bertz CT molecular complexity index is 800. The van der Waals surface area contributed by atoms with E-state index in [2.05, 4.69) is 32.2 Å². The smallest absolute Gasteiger partial charge is 0.216 e. The molecule has 1 aromatic heterocycles. The SMILES string of the molecule is CN=C(NCc1ccn(C2CCCC2)n1)N1CCN(S(=O)(=O)CCOC(C)C)CC1.I. The summed E-state index contributed by atoms with van der Waals surface area (Å²) in [6.45, 7) is 6.80. The number of ether oxygens (including phenoxy) is 1. The lowest BCUT2D eigenvalue weighted by molar-refractivity contribution is 0.0904. The molecule has 0 spiro atoms. The van der Waals surface area contributed by atoms with Crippen LogP contribution in [-0.4, -0.2) is 85.1 Å². The van der Waals surface area contributed by atoms with E-state index in [0.717, 1.165) is 11.7 Å². The van der Waals surface area contributed by atoms with Crippen molar-refractivity contribution in [1.82, 2.24) is 24.3 Å². The van der Waals surface area contributed by atoms with Crippen molar-refractivity contribution in [2.45, 2.75) is 58.2 Å². The summed E-state index contributed by atoms with van der Waals surface area (Å²) in [6.07, 6.45) is 7.12. The van der Waals surface area contributed by atoms with Crippen LogP contribution in [-0.2, 0) is 21.3 Å². The van der Waals surface area contributed by atoms with Crippen LogP contribution in [0.1, 0.15) is 51.3 Å². The molecule has 0 amide bonds. The predicted molar refractivity (Wildman–Crippen MR) is 133 cm³/mol. The topological polar surface area (TPSA) is 92.1 Å². The van der Waals surface area contributed by atoms with Crippen molar-refractivity contribution in [3.05, 3.63) is 18.0 Å². The van der Waals surface area contributed by atoms with Crippen LogP contribution in [0.25, 0.3) is 0 Å². The first-order chi connectivity index (χ1) is 14.4. The van der Waals surface area contributed by atoms with Crippen molar-refractivity contribution < 1.29 is 13.2 Å². The van der Waals surface area contributed by atoms with Crippen LogP contribution < -0.4 is 5.32 Å². The average molecular weight is 569 g/mol. The minimum Gasteiger partial charge on any atom is -0.378 e. The Balaban J connectivity index is 0.00000341. The number of hydrogen-bond acceptors (Lipinski definition) is 5. The van der Waals surface area contributed by atoms with Crippen molar-refractivity contribution in [3.63, 3.8) is 0 Å². The lowest BCUT2D eigenvalue weighted by Crippen LogP contribution is -2.54. The third-order valence-corrected chi connectivity index (χ3v) is 7.56. The molecule has 2 heterocycles. The molecule has 9 nitrogen and oxygen atoms in total. The molecule has 1 aromatic rings. The van der Waals surface area contributed by atoms with Gasteiger partial charge in [-0.3, -0.25) is 9.67 Å². The van der Waals surface area contributed by atoms with Gasteiger partial charge in [-0.2, -0.15) is 9.40 Å². The molecule has 0 radical (unpaired) electrons. The highest BCUT2D eigenvalue weighted by Gasteiger charge is 2.28. The summed E-state index contributed by atoms with van der Waals surface area (Å²) in [5.41, 5.74) is 0.995. The first-order valence-corrected chi connectivity index (χ1v) is 12.6. The van der Waals surface area contributed by atoms with E-state index in [1.165, 1.54) is 25.7 Å². The van der Waals surface area contributed by atoms with Gasteiger partial charge in [0.2, 0.25) is 10.0 Å². The number of guanidine groups is 1. The summed E-state index contributed by atoms with van der Waals surface area (Å²) in [6, 6.07) is 2.60. The fraction of sp³-hybridized carbons (Fsp3) is 0.800. The number of nitrogens with one attached hydrogen (secondary N) is 1. The van der Waals surface area contributed by atoms with E-state index in [-0.39, 0.29) is 42.4 Å². The maximum atomic E-state index is 12.5. The molecule has 1 N–H and O–H groups in total. The van der Waals surface area contributed by atoms with Gasteiger partial charge in [-0.25, -0.2) is 8.42 Å². The van der Waals surface area contributed by atoms with Crippen LogP contribution in [0.2, 0.25) is 0 Å². The van der Waals surface area contributed by atoms with Crippen molar-refractivity contribution in [2.75, 3.05) is 45.6 Å². The summed E-state index contributed by atoms with van der Waals surface area (Å²) in [4.78, 5) is 6.48. The van der Waals surface area contributed by atoms with Crippen molar-refractivity contribution in [1.29, 1.82) is 0 Å². The summed E-state index contributed by atoms with van der Waals surface area (Å²) in [5.74, 6) is 0.813. The second kappa shape index (κ2) is 12.4. The van der Waals surface area contributed by atoms with Gasteiger partial charge < -0.3 is 15.0 Å². The highest BCUT2D eigenvalue weighted by molar-refractivity contribution is 14.0.